The molecule has 1 fully saturated rings. The Morgan fingerprint density at radius 1 is 1.07 bits per heavy atom. The lowest BCUT2D eigenvalue weighted by Gasteiger charge is -2.30. The van der Waals surface area contributed by atoms with E-state index in [1.165, 1.54) is 0 Å². The molecule has 1 atom stereocenters. The summed E-state index contributed by atoms with van der Waals surface area (Å²) in [5, 5.41) is 19.2. The van der Waals surface area contributed by atoms with Crippen molar-refractivity contribution < 1.29 is 9.59 Å². The summed E-state index contributed by atoms with van der Waals surface area (Å²) in [5.74, 6) is 0.306. The lowest BCUT2D eigenvalue weighted by Crippen LogP contribution is -2.41. The van der Waals surface area contributed by atoms with Crippen LogP contribution < -0.4 is 5.32 Å². The lowest BCUT2D eigenvalue weighted by molar-refractivity contribution is -0.134. The highest BCUT2D eigenvalue weighted by Gasteiger charge is 2.34. The van der Waals surface area contributed by atoms with Gasteiger partial charge < -0.3 is 10.2 Å². The van der Waals surface area contributed by atoms with Crippen LogP contribution in [0.3, 0.4) is 0 Å². The highest BCUT2D eigenvalue weighted by atomic mass is 16.2. The first-order valence-corrected chi connectivity index (χ1v) is 9.61. The van der Waals surface area contributed by atoms with Crippen molar-refractivity contribution in [2.75, 3.05) is 6.54 Å². The monoisotopic (exact) mass is 370 g/mol. The molecule has 10 nitrogen and oxygen atoms in total. The van der Waals surface area contributed by atoms with Crippen LogP contribution in [0.4, 0.5) is 0 Å². The highest BCUT2D eigenvalue weighted by molar-refractivity contribution is 5.92. The van der Waals surface area contributed by atoms with E-state index in [9.17, 15) is 9.59 Å². The van der Waals surface area contributed by atoms with Gasteiger partial charge in [0.2, 0.25) is 5.91 Å². The Balaban J connectivity index is 1.32. The number of carbonyl (C=O) groups excluding carboxylic acids is 2. The van der Waals surface area contributed by atoms with Crippen molar-refractivity contribution in [1.29, 1.82) is 0 Å². The molecule has 0 spiro atoms. The van der Waals surface area contributed by atoms with E-state index in [1.54, 1.807) is 10.7 Å². The number of hydrogen-bond donors (Lipinski definition) is 1. The summed E-state index contributed by atoms with van der Waals surface area (Å²) in [6.45, 7) is 2.39. The second-order valence-electron chi connectivity index (χ2n) is 7.56. The van der Waals surface area contributed by atoms with Crippen molar-refractivity contribution in [2.24, 2.45) is 0 Å². The number of aryl methyl sites for hydroxylation is 1. The van der Waals surface area contributed by atoms with Gasteiger partial charge in [-0.15, -0.1) is 5.10 Å². The molecule has 3 aliphatic rings. The molecule has 1 aliphatic carbocycles. The van der Waals surface area contributed by atoms with Crippen LogP contribution in [-0.2, 0) is 24.4 Å². The quantitative estimate of drug-likeness (QED) is 0.819. The summed E-state index contributed by atoms with van der Waals surface area (Å²) in [4.78, 5) is 27.2. The first-order valence-electron chi connectivity index (χ1n) is 9.61. The Labute approximate surface area is 155 Å². The van der Waals surface area contributed by atoms with Gasteiger partial charge in [0, 0.05) is 19.1 Å². The van der Waals surface area contributed by atoms with Crippen molar-refractivity contribution in [3.05, 3.63) is 23.3 Å². The van der Waals surface area contributed by atoms with Crippen LogP contribution in [0.2, 0.25) is 0 Å². The zero-order chi connectivity index (χ0) is 18.4. The largest absolute Gasteiger partial charge is 0.348 e. The van der Waals surface area contributed by atoms with Crippen LogP contribution in [0, 0.1) is 0 Å². The van der Waals surface area contributed by atoms with Crippen molar-refractivity contribution in [2.45, 2.75) is 63.7 Å². The number of rotatable bonds is 3. The Hall–Kier alpha value is -2.78. The first kappa shape index (κ1) is 16.4. The van der Waals surface area contributed by atoms with E-state index in [0.29, 0.717) is 37.2 Å². The zero-order valence-electron chi connectivity index (χ0n) is 15.0. The van der Waals surface area contributed by atoms with Crippen LogP contribution >= 0.6 is 0 Å². The predicted octanol–water partition coefficient (Wildman–Crippen LogP) is 0.0717. The Morgan fingerprint density at radius 2 is 1.96 bits per heavy atom. The van der Waals surface area contributed by atoms with Crippen LogP contribution in [0.5, 0.6) is 0 Å². The molecule has 27 heavy (non-hydrogen) atoms. The third-order valence-corrected chi connectivity index (χ3v) is 5.54. The van der Waals surface area contributed by atoms with Gasteiger partial charge in [0.05, 0.1) is 24.7 Å². The Bertz CT molecular complexity index is 883. The fraction of sp³-hybridized carbons (Fsp3) is 0.647. The maximum Gasteiger partial charge on any atom is 0.272 e. The average Bonchev–Trinajstić information content (AvgIpc) is 3.26. The summed E-state index contributed by atoms with van der Waals surface area (Å²) in [6.07, 6.45) is 4.81. The number of fused-ring (bicyclic) bond motifs is 2. The van der Waals surface area contributed by atoms with Gasteiger partial charge in [-0.05, 0) is 42.2 Å². The molecular formula is C17H22N8O2. The number of aromatic nitrogens is 6. The fourth-order valence-electron chi connectivity index (χ4n) is 3.87. The molecule has 5 rings (SSSR count). The van der Waals surface area contributed by atoms with Gasteiger partial charge in [-0.3, -0.25) is 14.3 Å². The molecule has 142 valence electrons. The molecule has 0 aromatic carbocycles. The molecule has 4 heterocycles. The third kappa shape index (κ3) is 3.08. The topological polar surface area (TPSA) is 111 Å². The number of hydrogen-bond acceptors (Lipinski definition) is 6. The standard InChI is InChI=1S/C17H22N8O2/c26-16(18-11-4-5-11)14-9-12-10-23(7-8-24(12)20-14)17(27)13-3-1-2-6-25-15(13)19-21-22-25/h9,11,13H,1-8,10H2,(H,18,26). The zero-order valence-corrected chi connectivity index (χ0v) is 15.0. The molecule has 1 saturated carbocycles. The van der Waals surface area contributed by atoms with E-state index in [1.807, 2.05) is 9.58 Å². The molecule has 0 radical (unpaired) electrons. The molecule has 0 saturated heterocycles. The van der Waals surface area contributed by atoms with Crippen LogP contribution in [0.25, 0.3) is 0 Å². The molecule has 2 aromatic heterocycles. The smallest absolute Gasteiger partial charge is 0.272 e. The Kier molecular flexibility index (Phi) is 3.91. The minimum Gasteiger partial charge on any atom is -0.348 e. The second kappa shape index (κ2) is 6.43. The molecule has 2 aliphatic heterocycles. The lowest BCUT2D eigenvalue weighted by atomic mass is 10.0. The van der Waals surface area contributed by atoms with Crippen molar-refractivity contribution in [3.8, 4) is 0 Å². The highest BCUT2D eigenvalue weighted by Crippen LogP contribution is 2.28. The first-order chi connectivity index (χ1) is 13.2. The van der Waals surface area contributed by atoms with E-state index < -0.39 is 0 Å². The summed E-state index contributed by atoms with van der Waals surface area (Å²) < 4.78 is 3.59. The molecule has 1 N–H and O–H groups in total. The van der Waals surface area contributed by atoms with Gasteiger partial charge in [0.25, 0.3) is 5.91 Å². The molecule has 1 unspecified atom stereocenters. The second-order valence-corrected chi connectivity index (χ2v) is 7.56. The van der Waals surface area contributed by atoms with Gasteiger partial charge >= 0.3 is 0 Å². The van der Waals surface area contributed by atoms with E-state index in [0.717, 1.165) is 44.3 Å². The number of nitrogens with zero attached hydrogens (tertiary/aromatic N) is 7. The number of nitrogens with one attached hydrogen (secondary N) is 1. The predicted molar refractivity (Wildman–Crippen MR) is 92.5 cm³/mol. The fourth-order valence-corrected chi connectivity index (χ4v) is 3.87. The van der Waals surface area contributed by atoms with Crippen molar-refractivity contribution in [3.63, 3.8) is 0 Å². The Morgan fingerprint density at radius 3 is 2.81 bits per heavy atom. The van der Waals surface area contributed by atoms with Crippen LogP contribution in [0.1, 0.15) is 60.0 Å². The average molecular weight is 370 g/mol. The van der Waals surface area contributed by atoms with Gasteiger partial charge in [-0.2, -0.15) is 5.10 Å². The van der Waals surface area contributed by atoms with Gasteiger partial charge in [0.1, 0.15) is 0 Å². The van der Waals surface area contributed by atoms with Gasteiger partial charge in [-0.25, -0.2) is 4.68 Å². The van der Waals surface area contributed by atoms with E-state index in [-0.39, 0.29) is 17.7 Å². The van der Waals surface area contributed by atoms with E-state index in [4.69, 9.17) is 0 Å². The van der Waals surface area contributed by atoms with Gasteiger partial charge in [-0.1, -0.05) is 6.42 Å². The molecule has 2 aromatic rings. The molecular weight excluding hydrogens is 348 g/mol. The summed E-state index contributed by atoms with van der Waals surface area (Å²) in [6, 6.07) is 2.10. The number of carbonyl (C=O) groups is 2. The number of tetrazole rings is 1. The SMILES string of the molecule is O=C(NC1CC1)c1cc2n(n1)CCN(C(=O)C1CCCCn3nnnc31)C2. The van der Waals surface area contributed by atoms with Crippen LogP contribution in [0.15, 0.2) is 6.07 Å². The summed E-state index contributed by atoms with van der Waals surface area (Å²) in [5.41, 5.74) is 1.33. The third-order valence-electron chi connectivity index (χ3n) is 5.54. The summed E-state index contributed by atoms with van der Waals surface area (Å²) in [7, 11) is 0. The molecule has 0 bridgehead atoms. The number of amides is 2. The molecule has 10 heteroatoms. The minimum atomic E-state index is -0.297. The normalized spacial score (nSPS) is 21.9. The van der Waals surface area contributed by atoms with Gasteiger partial charge in [0.15, 0.2) is 11.5 Å². The van der Waals surface area contributed by atoms with Crippen molar-refractivity contribution >= 4 is 11.8 Å². The minimum absolute atomic E-state index is 0.0596. The molecule has 2 amide bonds. The maximum absolute atomic E-state index is 13.2. The van der Waals surface area contributed by atoms with E-state index >= 15 is 0 Å². The van der Waals surface area contributed by atoms with E-state index in [2.05, 4.69) is 25.9 Å². The summed E-state index contributed by atoms with van der Waals surface area (Å²) >= 11 is 0. The van der Waals surface area contributed by atoms with Crippen molar-refractivity contribution in [1.82, 2.24) is 40.2 Å². The van der Waals surface area contributed by atoms with Crippen LogP contribution in [-0.4, -0.2) is 59.3 Å². The maximum atomic E-state index is 13.2.